The fourth-order valence-corrected chi connectivity index (χ4v) is 5.47. The topological polar surface area (TPSA) is 134 Å². The summed E-state index contributed by atoms with van der Waals surface area (Å²) in [5.41, 5.74) is 1.95. The Hall–Kier alpha value is -4.25. The quantitative estimate of drug-likeness (QED) is 0.549. The smallest absolute Gasteiger partial charge is 0.262 e. The average Bonchev–Trinajstić information content (AvgIpc) is 3.37. The zero-order valence-electron chi connectivity index (χ0n) is 20.5. The Bertz CT molecular complexity index is 1330. The van der Waals surface area contributed by atoms with Gasteiger partial charge >= 0.3 is 0 Å². The molecular formula is C27H26N4O7. The summed E-state index contributed by atoms with van der Waals surface area (Å²) >= 11 is 0. The van der Waals surface area contributed by atoms with Crippen LogP contribution in [0.3, 0.4) is 0 Å². The van der Waals surface area contributed by atoms with Crippen LogP contribution in [0.5, 0.6) is 5.75 Å². The second-order valence-corrected chi connectivity index (χ2v) is 9.90. The lowest BCUT2D eigenvalue weighted by Crippen LogP contribution is -2.54. The lowest BCUT2D eigenvalue weighted by Gasteiger charge is -2.33. The van der Waals surface area contributed by atoms with Crippen molar-refractivity contribution >= 4 is 40.9 Å². The molecule has 11 heteroatoms. The fraction of sp³-hybridized carbons (Fsp3) is 0.370. The normalized spacial score (nSPS) is 24.4. The number of anilines is 2. The summed E-state index contributed by atoms with van der Waals surface area (Å²) in [6.45, 7) is 1.44. The van der Waals surface area contributed by atoms with Crippen molar-refractivity contribution in [3.8, 4) is 5.75 Å². The molecule has 2 aromatic rings. The number of hydrogen-bond donors (Lipinski definition) is 2. The highest BCUT2D eigenvalue weighted by Crippen LogP contribution is 2.31. The first-order valence-electron chi connectivity index (χ1n) is 12.6. The van der Waals surface area contributed by atoms with Crippen molar-refractivity contribution in [1.29, 1.82) is 0 Å². The molecule has 2 bridgehead atoms. The Kier molecular flexibility index (Phi) is 6.07. The predicted octanol–water partition coefficient (Wildman–Crippen LogP) is 1.47. The van der Waals surface area contributed by atoms with E-state index in [1.165, 1.54) is 18.2 Å². The maximum absolute atomic E-state index is 12.9. The van der Waals surface area contributed by atoms with Crippen LogP contribution in [-0.4, -0.2) is 72.4 Å². The third kappa shape index (κ3) is 4.49. The van der Waals surface area contributed by atoms with E-state index in [1.807, 2.05) is 24.3 Å². The monoisotopic (exact) mass is 518 g/mol. The molecule has 3 unspecified atom stereocenters. The molecule has 196 valence electrons. The number of piperidine rings is 1. The van der Waals surface area contributed by atoms with E-state index in [0.29, 0.717) is 17.9 Å². The highest BCUT2D eigenvalue weighted by atomic mass is 16.5. The molecule has 0 radical (unpaired) electrons. The summed E-state index contributed by atoms with van der Waals surface area (Å²) in [6, 6.07) is 10.9. The Balaban J connectivity index is 1.05. The molecule has 4 aliphatic rings. The number of nitrogens with one attached hydrogen (secondary N) is 2. The Morgan fingerprint density at radius 2 is 1.66 bits per heavy atom. The summed E-state index contributed by atoms with van der Waals surface area (Å²) in [5.74, 6) is -2.48. The van der Waals surface area contributed by atoms with E-state index >= 15 is 0 Å². The van der Waals surface area contributed by atoms with Crippen LogP contribution in [-0.2, 0) is 19.1 Å². The number of carbonyl (C=O) groups is 5. The van der Waals surface area contributed by atoms with Gasteiger partial charge in [0.25, 0.3) is 17.7 Å². The number of benzene rings is 2. The van der Waals surface area contributed by atoms with Gasteiger partial charge < -0.3 is 19.7 Å². The molecule has 0 spiro atoms. The minimum absolute atomic E-state index is 0.0458. The Labute approximate surface area is 218 Å². The highest BCUT2D eigenvalue weighted by molar-refractivity contribution is 6.23. The van der Waals surface area contributed by atoms with Crippen molar-refractivity contribution in [3.05, 3.63) is 53.6 Å². The van der Waals surface area contributed by atoms with Gasteiger partial charge in [-0.25, -0.2) is 0 Å². The minimum Gasteiger partial charge on any atom is -0.484 e. The van der Waals surface area contributed by atoms with Gasteiger partial charge in [-0.3, -0.25) is 34.2 Å². The molecule has 4 aliphatic heterocycles. The SMILES string of the molecule is O=C1CCC(N2C(=O)c3ccc(OCC(=O)Nc4ccc(N5CC6CCC(C5)O6)cc4)cc3C2=O)C(=O)N1. The van der Waals surface area contributed by atoms with E-state index < -0.39 is 29.7 Å². The number of rotatable bonds is 6. The lowest BCUT2D eigenvalue weighted by atomic mass is 10.0. The first-order valence-corrected chi connectivity index (χ1v) is 12.6. The first-order chi connectivity index (χ1) is 18.4. The third-order valence-electron chi connectivity index (χ3n) is 7.34. The molecule has 0 aliphatic carbocycles. The number of amides is 5. The summed E-state index contributed by atoms with van der Waals surface area (Å²) in [6.07, 6.45) is 2.90. The van der Waals surface area contributed by atoms with Crippen LogP contribution in [0.4, 0.5) is 11.4 Å². The predicted molar refractivity (Wildman–Crippen MR) is 134 cm³/mol. The minimum atomic E-state index is -1.04. The molecule has 2 N–H and O–H groups in total. The molecule has 3 atom stereocenters. The maximum atomic E-state index is 12.9. The third-order valence-corrected chi connectivity index (χ3v) is 7.34. The number of hydrogen-bond acceptors (Lipinski definition) is 8. The van der Waals surface area contributed by atoms with Crippen molar-refractivity contribution in [2.75, 3.05) is 29.9 Å². The van der Waals surface area contributed by atoms with Crippen LogP contribution in [0.1, 0.15) is 46.4 Å². The van der Waals surface area contributed by atoms with Crippen molar-refractivity contribution in [2.24, 2.45) is 0 Å². The van der Waals surface area contributed by atoms with Crippen LogP contribution in [0, 0.1) is 0 Å². The number of carbonyl (C=O) groups excluding carboxylic acids is 5. The van der Waals surface area contributed by atoms with Crippen molar-refractivity contribution in [3.63, 3.8) is 0 Å². The van der Waals surface area contributed by atoms with E-state index in [0.717, 1.165) is 36.5 Å². The van der Waals surface area contributed by atoms with Gasteiger partial charge in [0, 0.05) is 30.9 Å². The average molecular weight is 519 g/mol. The van der Waals surface area contributed by atoms with Crippen LogP contribution < -0.4 is 20.3 Å². The summed E-state index contributed by atoms with van der Waals surface area (Å²) in [4.78, 5) is 65.0. The second kappa shape index (κ2) is 9.56. The zero-order chi connectivity index (χ0) is 26.4. The first kappa shape index (κ1) is 24.1. The van der Waals surface area contributed by atoms with Crippen LogP contribution in [0.25, 0.3) is 0 Å². The molecule has 11 nitrogen and oxygen atoms in total. The molecule has 4 heterocycles. The number of ether oxygens (including phenoxy) is 2. The molecule has 6 rings (SSSR count). The Morgan fingerprint density at radius 1 is 0.947 bits per heavy atom. The number of imide groups is 2. The molecule has 0 saturated carbocycles. The largest absolute Gasteiger partial charge is 0.484 e. The molecule has 3 saturated heterocycles. The summed E-state index contributed by atoms with van der Waals surface area (Å²) < 4.78 is 11.5. The van der Waals surface area contributed by atoms with Crippen LogP contribution in [0.15, 0.2) is 42.5 Å². The molecule has 5 amide bonds. The standard InChI is InChI=1S/C27H26N4O7/c32-23-10-9-22(25(34)29-23)31-26(35)20-8-7-17(11-21(20)27(31)36)37-14-24(33)28-15-1-3-16(4-2-15)30-12-18-5-6-19(13-30)38-18/h1-4,7-8,11,18-19,22H,5-6,9-10,12-14H2,(H,28,33)(H,29,32,34). The van der Waals surface area contributed by atoms with Gasteiger partial charge in [0.1, 0.15) is 11.8 Å². The van der Waals surface area contributed by atoms with Gasteiger partial charge in [-0.15, -0.1) is 0 Å². The van der Waals surface area contributed by atoms with Crippen molar-refractivity contribution < 1.29 is 33.4 Å². The van der Waals surface area contributed by atoms with E-state index in [-0.39, 0.29) is 42.2 Å². The number of morpholine rings is 1. The van der Waals surface area contributed by atoms with E-state index in [1.54, 1.807) is 0 Å². The zero-order valence-corrected chi connectivity index (χ0v) is 20.5. The van der Waals surface area contributed by atoms with E-state index in [4.69, 9.17) is 9.47 Å². The Morgan fingerprint density at radius 3 is 2.37 bits per heavy atom. The molecular weight excluding hydrogens is 492 g/mol. The molecule has 0 aromatic heterocycles. The molecule has 2 aromatic carbocycles. The number of nitrogens with zero attached hydrogens (tertiary/aromatic N) is 2. The van der Waals surface area contributed by atoms with Crippen molar-refractivity contribution in [2.45, 2.75) is 43.9 Å². The summed E-state index contributed by atoms with van der Waals surface area (Å²) in [5, 5.41) is 4.95. The second-order valence-electron chi connectivity index (χ2n) is 9.90. The van der Waals surface area contributed by atoms with Gasteiger partial charge in [-0.1, -0.05) is 0 Å². The number of fused-ring (bicyclic) bond motifs is 3. The van der Waals surface area contributed by atoms with Gasteiger partial charge in [-0.2, -0.15) is 0 Å². The van der Waals surface area contributed by atoms with Crippen LogP contribution in [0.2, 0.25) is 0 Å². The molecule has 38 heavy (non-hydrogen) atoms. The maximum Gasteiger partial charge on any atom is 0.262 e. The summed E-state index contributed by atoms with van der Waals surface area (Å²) in [7, 11) is 0. The van der Waals surface area contributed by atoms with Gasteiger partial charge in [0.05, 0.1) is 23.3 Å². The van der Waals surface area contributed by atoms with E-state index in [9.17, 15) is 24.0 Å². The molecule has 3 fully saturated rings. The van der Waals surface area contributed by atoms with Gasteiger partial charge in [0.2, 0.25) is 11.8 Å². The fourth-order valence-electron chi connectivity index (χ4n) is 5.47. The van der Waals surface area contributed by atoms with E-state index in [2.05, 4.69) is 15.5 Å². The van der Waals surface area contributed by atoms with Gasteiger partial charge in [0.15, 0.2) is 6.61 Å². The lowest BCUT2D eigenvalue weighted by molar-refractivity contribution is -0.136. The highest BCUT2D eigenvalue weighted by Gasteiger charge is 2.44. The van der Waals surface area contributed by atoms with Crippen molar-refractivity contribution in [1.82, 2.24) is 10.2 Å². The van der Waals surface area contributed by atoms with Gasteiger partial charge in [-0.05, 0) is 61.7 Å². The van der Waals surface area contributed by atoms with Crippen LogP contribution >= 0.6 is 0 Å².